The van der Waals surface area contributed by atoms with E-state index >= 15 is 0 Å². The van der Waals surface area contributed by atoms with E-state index in [0.717, 1.165) is 17.7 Å². The second-order valence-electron chi connectivity index (χ2n) is 11.8. The molecule has 42 heavy (non-hydrogen) atoms. The Kier molecular flexibility index (Phi) is 8.72. The molecule has 2 aliphatic rings. The minimum Gasteiger partial charge on any atom is -0.395 e. The van der Waals surface area contributed by atoms with Gasteiger partial charge in [0.15, 0.2) is 17.5 Å². The number of rotatable bonds is 7. The number of aliphatic hydroxyl groups is 3. The van der Waals surface area contributed by atoms with Gasteiger partial charge in [0, 0.05) is 42.7 Å². The molecule has 0 saturated carbocycles. The van der Waals surface area contributed by atoms with Gasteiger partial charge in [0.1, 0.15) is 11.7 Å². The van der Waals surface area contributed by atoms with Crippen LogP contribution in [-0.2, 0) is 9.47 Å². The van der Waals surface area contributed by atoms with Gasteiger partial charge >= 0.3 is 0 Å². The first kappa shape index (κ1) is 30.9. The summed E-state index contributed by atoms with van der Waals surface area (Å²) in [5, 5.41) is 41.8. The molecule has 1 aromatic carbocycles. The zero-order valence-electron chi connectivity index (χ0n) is 23.9. The lowest BCUT2D eigenvalue weighted by atomic mass is 9.80. The van der Waals surface area contributed by atoms with E-state index in [4.69, 9.17) is 14.5 Å². The lowest BCUT2D eigenvalue weighted by molar-refractivity contribution is -0.145. The first-order valence-electron chi connectivity index (χ1n) is 13.8. The molecule has 3 unspecified atom stereocenters. The standard InChI is InChI=1S/C29H37F3N4O5S/c1-16-6-5-8-33-24(16)27(29(39)7-9-41-28(2,3)15-29)42-14-21(40-4)25(26(38)22(42)13-37)36-12-20(34-35-36)17-10-18(30)23(32)19(31)11-17/h5-6,8,10-12,21-22,25-27,37-39,42H,7,9,13-15H2,1-4H3/t21-,22+,25+,26-,27?,29?/m0/s1. The van der Waals surface area contributed by atoms with Crippen LogP contribution in [0.1, 0.15) is 49.2 Å². The van der Waals surface area contributed by atoms with Crippen molar-refractivity contribution in [3.05, 3.63) is 65.4 Å². The lowest BCUT2D eigenvalue weighted by Gasteiger charge is -2.54. The van der Waals surface area contributed by atoms with Gasteiger partial charge in [0.05, 0.1) is 53.8 Å². The fourth-order valence-corrected chi connectivity index (χ4v) is 10.4. The number of aromatic nitrogens is 4. The molecule has 230 valence electrons. The Bertz CT molecular complexity index is 1400. The Morgan fingerprint density at radius 3 is 2.57 bits per heavy atom. The maximum Gasteiger partial charge on any atom is 0.194 e. The molecule has 3 N–H and O–H groups in total. The van der Waals surface area contributed by atoms with Crippen molar-refractivity contribution < 1.29 is 38.0 Å². The molecule has 0 radical (unpaired) electrons. The van der Waals surface area contributed by atoms with Gasteiger partial charge in [0.2, 0.25) is 0 Å². The Labute approximate surface area is 245 Å². The van der Waals surface area contributed by atoms with Crippen molar-refractivity contribution >= 4 is 10.9 Å². The molecule has 4 heterocycles. The van der Waals surface area contributed by atoms with Gasteiger partial charge in [-0.25, -0.2) is 28.7 Å². The maximum atomic E-state index is 13.9. The van der Waals surface area contributed by atoms with Crippen LogP contribution < -0.4 is 0 Å². The number of thiol groups is 1. The highest BCUT2D eigenvalue weighted by molar-refractivity contribution is 8.18. The summed E-state index contributed by atoms with van der Waals surface area (Å²) in [6, 6.07) is 4.60. The van der Waals surface area contributed by atoms with E-state index in [1.165, 1.54) is 18.0 Å². The molecule has 3 aromatic rings. The lowest BCUT2D eigenvalue weighted by Crippen LogP contribution is -2.55. The molecule has 2 aliphatic heterocycles. The number of hydrogen-bond donors (Lipinski definition) is 4. The summed E-state index contributed by atoms with van der Waals surface area (Å²) in [5.74, 6) is -3.91. The van der Waals surface area contributed by atoms with E-state index in [2.05, 4.69) is 10.3 Å². The molecular weight excluding hydrogens is 573 g/mol. The van der Waals surface area contributed by atoms with Gasteiger partial charge in [-0.2, -0.15) is 0 Å². The van der Waals surface area contributed by atoms with Crippen molar-refractivity contribution in [1.82, 2.24) is 20.0 Å². The van der Waals surface area contributed by atoms with Gasteiger partial charge in [-0.1, -0.05) is 11.3 Å². The van der Waals surface area contributed by atoms with E-state index in [0.29, 0.717) is 30.9 Å². The van der Waals surface area contributed by atoms with Crippen molar-refractivity contribution in [2.24, 2.45) is 0 Å². The maximum absolute atomic E-state index is 13.9. The molecule has 2 saturated heterocycles. The fraction of sp³-hybridized carbons (Fsp3) is 0.552. The van der Waals surface area contributed by atoms with Gasteiger partial charge in [-0.3, -0.25) is 4.98 Å². The molecule has 5 rings (SSSR count). The zero-order chi connectivity index (χ0) is 30.4. The van der Waals surface area contributed by atoms with Crippen molar-refractivity contribution in [2.75, 3.05) is 26.1 Å². The summed E-state index contributed by atoms with van der Waals surface area (Å²) < 4.78 is 54.5. The average Bonchev–Trinajstić information content (AvgIpc) is 3.41. The van der Waals surface area contributed by atoms with Crippen LogP contribution in [0.2, 0.25) is 0 Å². The van der Waals surface area contributed by atoms with Crippen LogP contribution in [0.25, 0.3) is 11.3 Å². The smallest absolute Gasteiger partial charge is 0.194 e. The largest absolute Gasteiger partial charge is 0.395 e. The van der Waals surface area contributed by atoms with Crippen LogP contribution in [0.5, 0.6) is 0 Å². The van der Waals surface area contributed by atoms with Crippen LogP contribution in [0.4, 0.5) is 13.2 Å². The van der Waals surface area contributed by atoms with Crippen LogP contribution in [-0.4, -0.2) is 90.0 Å². The van der Waals surface area contributed by atoms with Crippen LogP contribution in [0, 0.1) is 24.4 Å². The summed E-state index contributed by atoms with van der Waals surface area (Å²) in [6.07, 6.45) is 1.99. The highest BCUT2D eigenvalue weighted by Crippen LogP contribution is 2.60. The predicted octanol–water partition coefficient (Wildman–Crippen LogP) is 3.42. The number of benzene rings is 1. The second kappa shape index (κ2) is 11.9. The molecular formula is C29H37F3N4O5S. The van der Waals surface area contributed by atoms with Gasteiger partial charge in [-0.05, 0) is 44.5 Å². The third-order valence-corrected chi connectivity index (χ3v) is 11.9. The van der Waals surface area contributed by atoms with Crippen molar-refractivity contribution in [2.45, 2.75) is 73.6 Å². The molecule has 0 spiro atoms. The summed E-state index contributed by atoms with van der Waals surface area (Å²) in [6.45, 7) is 5.78. The first-order valence-corrected chi connectivity index (χ1v) is 15.5. The fourth-order valence-electron chi connectivity index (χ4n) is 6.52. The number of methoxy groups -OCH3 is 1. The number of aliphatic hydroxyl groups excluding tert-OH is 2. The van der Waals surface area contributed by atoms with Crippen molar-refractivity contribution in [1.29, 1.82) is 0 Å². The Morgan fingerprint density at radius 2 is 1.95 bits per heavy atom. The SMILES string of the molecule is CO[C@H]1C[SH](C(c2ncccc2C)C2(O)CCOC(C)(C)C2)[C@H](CO)[C@H](O)[C@@H]1n1cc(-c2cc(F)c(F)c(F)c2)nn1. The predicted molar refractivity (Wildman–Crippen MR) is 152 cm³/mol. The van der Waals surface area contributed by atoms with E-state index in [1.54, 1.807) is 6.20 Å². The first-order chi connectivity index (χ1) is 19.9. The molecule has 2 fully saturated rings. The van der Waals surface area contributed by atoms with Crippen LogP contribution >= 0.6 is 10.9 Å². The number of ether oxygens (including phenoxy) is 2. The Hall–Kier alpha value is -2.55. The van der Waals surface area contributed by atoms with Gasteiger partial charge < -0.3 is 24.8 Å². The molecule has 9 nitrogen and oxygen atoms in total. The molecule has 0 amide bonds. The van der Waals surface area contributed by atoms with Gasteiger partial charge in [0.25, 0.3) is 0 Å². The summed E-state index contributed by atoms with van der Waals surface area (Å²) in [5.41, 5.74) is -0.152. The molecule has 0 bridgehead atoms. The average molecular weight is 611 g/mol. The topological polar surface area (TPSA) is 123 Å². The molecule has 7 atom stereocenters. The highest BCUT2D eigenvalue weighted by Gasteiger charge is 2.54. The van der Waals surface area contributed by atoms with E-state index in [1.807, 2.05) is 32.9 Å². The van der Waals surface area contributed by atoms with Crippen molar-refractivity contribution in [3.8, 4) is 11.3 Å². The van der Waals surface area contributed by atoms with Crippen LogP contribution in [0.15, 0.2) is 36.7 Å². The Morgan fingerprint density at radius 1 is 1.24 bits per heavy atom. The van der Waals surface area contributed by atoms with Crippen LogP contribution in [0.3, 0.4) is 0 Å². The minimum atomic E-state index is -1.58. The molecule has 13 heteroatoms. The van der Waals surface area contributed by atoms with E-state index in [9.17, 15) is 28.5 Å². The summed E-state index contributed by atoms with van der Waals surface area (Å²) in [7, 11) is 0.157. The number of nitrogens with zero attached hydrogens (tertiary/aromatic N) is 4. The van der Waals surface area contributed by atoms with E-state index in [-0.39, 0.29) is 17.9 Å². The van der Waals surface area contributed by atoms with Crippen molar-refractivity contribution in [3.63, 3.8) is 0 Å². The summed E-state index contributed by atoms with van der Waals surface area (Å²) in [4.78, 5) is 4.70. The monoisotopic (exact) mass is 610 g/mol. The quantitative estimate of drug-likeness (QED) is 0.237. The highest BCUT2D eigenvalue weighted by atomic mass is 32.2. The van der Waals surface area contributed by atoms with E-state index < -0.39 is 68.3 Å². The third-order valence-electron chi connectivity index (χ3n) is 8.44. The number of aryl methyl sites for hydroxylation is 1. The Balaban J connectivity index is 1.54. The summed E-state index contributed by atoms with van der Waals surface area (Å²) >= 11 is 0. The minimum absolute atomic E-state index is 0.0204. The van der Waals surface area contributed by atoms with Gasteiger partial charge in [-0.15, -0.1) is 5.10 Å². The number of halogens is 3. The second-order valence-corrected chi connectivity index (χ2v) is 14.4. The molecule has 0 aliphatic carbocycles. The zero-order valence-corrected chi connectivity index (χ0v) is 24.8. The normalized spacial score (nSPS) is 31.1. The number of pyridine rings is 1. The number of hydrogen-bond acceptors (Lipinski definition) is 8. The molecule has 2 aromatic heterocycles. The third kappa shape index (κ3) is 5.70.